The highest BCUT2D eigenvalue weighted by Crippen LogP contribution is 2.23. The van der Waals surface area contributed by atoms with Gasteiger partial charge in [-0.15, -0.1) is 0 Å². The van der Waals surface area contributed by atoms with Crippen molar-refractivity contribution in [2.45, 2.75) is 0 Å². The van der Waals surface area contributed by atoms with Crippen LogP contribution in [-0.2, 0) is 0 Å². The van der Waals surface area contributed by atoms with Crippen LogP contribution in [0, 0.1) is 5.82 Å². The molecule has 1 aromatic heterocycles. The predicted octanol–water partition coefficient (Wildman–Crippen LogP) is 4.15. The molecule has 3 N–H and O–H groups in total. The Balaban J connectivity index is 1.41. The normalized spacial score (nSPS) is 10.5. The van der Waals surface area contributed by atoms with Gasteiger partial charge in [0, 0.05) is 29.2 Å². The van der Waals surface area contributed by atoms with Crippen LogP contribution in [0.15, 0.2) is 85.2 Å². The molecule has 1 heterocycles. The summed E-state index contributed by atoms with van der Waals surface area (Å²) in [5, 5.41) is 6.66. The number of nitrogens with two attached hydrogens (primary N) is 1. The molecule has 0 fully saturated rings. The van der Waals surface area contributed by atoms with Crippen molar-refractivity contribution in [3.63, 3.8) is 0 Å². The van der Waals surface area contributed by atoms with E-state index in [0.717, 1.165) is 0 Å². The highest BCUT2D eigenvalue weighted by atomic mass is 19.1. The summed E-state index contributed by atoms with van der Waals surface area (Å²) in [6, 6.07) is 18.9. The van der Waals surface area contributed by atoms with Crippen molar-refractivity contribution >= 4 is 17.5 Å². The Labute approximate surface area is 176 Å². The maximum Gasteiger partial charge on any atom is 0.255 e. The van der Waals surface area contributed by atoms with E-state index in [4.69, 9.17) is 10.5 Å². The Bertz CT molecular complexity index is 1220. The Hall–Kier alpha value is -4.46. The van der Waals surface area contributed by atoms with Crippen molar-refractivity contribution in [3.8, 4) is 17.2 Å². The summed E-state index contributed by atoms with van der Waals surface area (Å²) in [4.78, 5) is 23.6. The SMILES string of the molecule is NC(=O)c1ccc(Oc2ccc(C(=O)Nc3ccc(-n4cccn4)c(F)c3)cc2)cc1. The first-order valence-electron chi connectivity index (χ1n) is 9.28. The number of carbonyl (C=O) groups excluding carboxylic acids is 2. The molecule has 31 heavy (non-hydrogen) atoms. The van der Waals surface area contributed by atoms with E-state index in [1.165, 1.54) is 10.7 Å². The van der Waals surface area contributed by atoms with E-state index >= 15 is 0 Å². The van der Waals surface area contributed by atoms with E-state index in [2.05, 4.69) is 10.4 Å². The van der Waals surface area contributed by atoms with Gasteiger partial charge in [0.05, 0.1) is 0 Å². The van der Waals surface area contributed by atoms with E-state index in [-0.39, 0.29) is 11.6 Å². The van der Waals surface area contributed by atoms with Crippen molar-refractivity contribution in [2.24, 2.45) is 5.73 Å². The lowest BCUT2D eigenvalue weighted by Gasteiger charge is -2.09. The Morgan fingerprint density at radius 2 is 1.58 bits per heavy atom. The lowest BCUT2D eigenvalue weighted by molar-refractivity contribution is 0.0997. The fourth-order valence-corrected chi connectivity index (χ4v) is 2.88. The summed E-state index contributed by atoms with van der Waals surface area (Å²) in [6.07, 6.45) is 3.19. The lowest BCUT2D eigenvalue weighted by atomic mass is 10.2. The molecule has 0 saturated heterocycles. The van der Waals surface area contributed by atoms with Crippen LogP contribution in [-0.4, -0.2) is 21.6 Å². The van der Waals surface area contributed by atoms with Gasteiger partial charge in [0.15, 0.2) is 5.82 Å². The van der Waals surface area contributed by atoms with Gasteiger partial charge in [0.1, 0.15) is 17.2 Å². The third kappa shape index (κ3) is 4.59. The number of aromatic nitrogens is 2. The number of benzene rings is 3. The van der Waals surface area contributed by atoms with E-state index in [9.17, 15) is 14.0 Å². The molecule has 0 radical (unpaired) electrons. The van der Waals surface area contributed by atoms with Crippen molar-refractivity contribution in [3.05, 3.63) is 102 Å². The highest BCUT2D eigenvalue weighted by molar-refractivity contribution is 6.04. The minimum absolute atomic E-state index is 0.286. The molecule has 0 bridgehead atoms. The number of rotatable bonds is 6. The highest BCUT2D eigenvalue weighted by Gasteiger charge is 2.10. The summed E-state index contributed by atoms with van der Waals surface area (Å²) in [6.45, 7) is 0. The Morgan fingerprint density at radius 3 is 2.13 bits per heavy atom. The summed E-state index contributed by atoms with van der Waals surface area (Å²) in [7, 11) is 0. The maximum atomic E-state index is 14.3. The predicted molar refractivity (Wildman–Crippen MR) is 113 cm³/mol. The number of hydrogen-bond acceptors (Lipinski definition) is 4. The average Bonchev–Trinajstić information content (AvgIpc) is 3.29. The number of halogens is 1. The summed E-state index contributed by atoms with van der Waals surface area (Å²) in [5.74, 6) is -0.373. The van der Waals surface area contributed by atoms with Crippen LogP contribution in [0.3, 0.4) is 0 Å². The zero-order valence-corrected chi connectivity index (χ0v) is 16.2. The van der Waals surface area contributed by atoms with Crippen LogP contribution in [0.2, 0.25) is 0 Å². The van der Waals surface area contributed by atoms with Gasteiger partial charge in [0.25, 0.3) is 5.91 Å². The number of hydrogen-bond donors (Lipinski definition) is 2. The maximum absolute atomic E-state index is 14.3. The van der Waals surface area contributed by atoms with Crippen LogP contribution in [0.5, 0.6) is 11.5 Å². The zero-order valence-electron chi connectivity index (χ0n) is 16.2. The Morgan fingerprint density at radius 1 is 0.935 bits per heavy atom. The van der Waals surface area contributed by atoms with Gasteiger partial charge >= 0.3 is 0 Å². The first kappa shape index (κ1) is 19.8. The minimum atomic E-state index is -0.516. The van der Waals surface area contributed by atoms with Gasteiger partial charge in [-0.2, -0.15) is 5.10 Å². The second-order valence-corrected chi connectivity index (χ2v) is 6.59. The largest absolute Gasteiger partial charge is 0.457 e. The van der Waals surface area contributed by atoms with Gasteiger partial charge in [-0.25, -0.2) is 9.07 Å². The first-order chi connectivity index (χ1) is 15.0. The molecule has 0 atom stereocenters. The topological polar surface area (TPSA) is 99.2 Å². The molecule has 3 aromatic carbocycles. The summed E-state index contributed by atoms with van der Waals surface area (Å²) >= 11 is 0. The molecule has 4 aromatic rings. The number of anilines is 1. The van der Waals surface area contributed by atoms with E-state index in [0.29, 0.717) is 28.3 Å². The molecule has 7 nitrogen and oxygen atoms in total. The molecule has 0 spiro atoms. The number of amides is 2. The fourth-order valence-electron chi connectivity index (χ4n) is 2.88. The van der Waals surface area contributed by atoms with E-state index < -0.39 is 11.7 Å². The van der Waals surface area contributed by atoms with Gasteiger partial charge < -0.3 is 15.8 Å². The van der Waals surface area contributed by atoms with E-state index in [1.807, 2.05) is 0 Å². The standard InChI is InChI=1S/C23H17FN4O3/c24-20-14-17(6-11-21(20)28-13-1-12-26-28)27-23(30)16-4-9-19(10-5-16)31-18-7-2-15(3-8-18)22(25)29/h1-14H,(H2,25,29)(H,27,30). The van der Waals surface area contributed by atoms with Gasteiger partial charge in [-0.3, -0.25) is 9.59 Å². The monoisotopic (exact) mass is 416 g/mol. The average molecular weight is 416 g/mol. The Kier molecular flexibility index (Phi) is 5.44. The molecule has 4 rings (SSSR count). The van der Waals surface area contributed by atoms with Gasteiger partial charge in [0.2, 0.25) is 5.91 Å². The molecule has 154 valence electrons. The molecule has 0 aliphatic rings. The molecule has 8 heteroatoms. The van der Waals surface area contributed by atoms with Crippen LogP contribution >= 0.6 is 0 Å². The quantitative estimate of drug-likeness (QED) is 0.493. The smallest absolute Gasteiger partial charge is 0.255 e. The van der Waals surface area contributed by atoms with Crippen LogP contribution in [0.4, 0.5) is 10.1 Å². The van der Waals surface area contributed by atoms with Gasteiger partial charge in [-0.05, 0) is 72.8 Å². The van der Waals surface area contributed by atoms with Crippen LogP contribution in [0.1, 0.15) is 20.7 Å². The van der Waals surface area contributed by atoms with Crippen LogP contribution in [0.25, 0.3) is 5.69 Å². The molecule has 2 amide bonds. The zero-order chi connectivity index (χ0) is 21.8. The van der Waals surface area contributed by atoms with Gasteiger partial charge in [-0.1, -0.05) is 0 Å². The molecular formula is C23H17FN4O3. The lowest BCUT2D eigenvalue weighted by Crippen LogP contribution is -2.12. The first-order valence-corrected chi connectivity index (χ1v) is 9.28. The van der Waals surface area contributed by atoms with Crippen molar-refractivity contribution in [2.75, 3.05) is 5.32 Å². The minimum Gasteiger partial charge on any atom is -0.457 e. The third-order valence-corrected chi connectivity index (χ3v) is 4.45. The number of nitrogens with one attached hydrogen (secondary N) is 1. The number of nitrogens with zero attached hydrogens (tertiary/aromatic N) is 2. The second kappa shape index (κ2) is 8.50. The summed E-state index contributed by atoms with van der Waals surface area (Å²) in [5.41, 5.74) is 6.59. The van der Waals surface area contributed by atoms with E-state index in [1.54, 1.807) is 79.1 Å². The molecule has 0 unspecified atom stereocenters. The van der Waals surface area contributed by atoms with Crippen LogP contribution < -0.4 is 15.8 Å². The number of carbonyl (C=O) groups is 2. The fraction of sp³-hybridized carbons (Fsp3) is 0. The van der Waals surface area contributed by atoms with Crippen molar-refractivity contribution < 1.29 is 18.7 Å². The summed E-state index contributed by atoms with van der Waals surface area (Å²) < 4.78 is 21.4. The molecule has 0 aliphatic heterocycles. The molecular weight excluding hydrogens is 399 g/mol. The van der Waals surface area contributed by atoms with Crippen molar-refractivity contribution in [1.29, 1.82) is 0 Å². The second-order valence-electron chi connectivity index (χ2n) is 6.59. The molecule has 0 aliphatic carbocycles. The molecule has 0 saturated carbocycles. The number of ether oxygens (including phenoxy) is 1. The number of primary amides is 1. The third-order valence-electron chi connectivity index (χ3n) is 4.45. The van der Waals surface area contributed by atoms with Crippen molar-refractivity contribution in [1.82, 2.24) is 9.78 Å².